The van der Waals surface area contributed by atoms with Gasteiger partial charge >= 0.3 is 0 Å². The van der Waals surface area contributed by atoms with Crippen LogP contribution in [0.3, 0.4) is 0 Å². The Morgan fingerprint density at radius 1 is 1.15 bits per heavy atom. The van der Waals surface area contributed by atoms with Crippen LogP contribution < -0.4 is 15.0 Å². The van der Waals surface area contributed by atoms with Gasteiger partial charge in [0.05, 0.1) is 25.0 Å². The van der Waals surface area contributed by atoms with Crippen molar-refractivity contribution in [3.8, 4) is 5.75 Å². The van der Waals surface area contributed by atoms with Crippen molar-refractivity contribution in [3.63, 3.8) is 0 Å². The number of methoxy groups -OCH3 is 1. The molecule has 4 rings (SSSR count). The highest BCUT2D eigenvalue weighted by molar-refractivity contribution is 8.01. The third-order valence-electron chi connectivity index (χ3n) is 5.37. The van der Waals surface area contributed by atoms with Crippen LogP contribution in [0.4, 0.5) is 11.4 Å². The summed E-state index contributed by atoms with van der Waals surface area (Å²) in [6, 6.07) is 15.0. The second-order valence-corrected chi connectivity index (χ2v) is 10.2. The number of anilines is 2. The van der Waals surface area contributed by atoms with E-state index in [1.807, 2.05) is 52.7 Å². The van der Waals surface area contributed by atoms with Gasteiger partial charge in [-0.05, 0) is 36.4 Å². The first-order valence-electron chi connectivity index (χ1n) is 10.8. The van der Waals surface area contributed by atoms with Crippen LogP contribution in [0.15, 0.2) is 58.3 Å². The molecule has 0 atom stereocenters. The highest BCUT2D eigenvalue weighted by Crippen LogP contribution is 2.24. The van der Waals surface area contributed by atoms with Crippen LogP contribution in [0.1, 0.15) is 5.69 Å². The van der Waals surface area contributed by atoms with Crippen LogP contribution in [0.2, 0.25) is 5.02 Å². The Balaban J connectivity index is 1.21. The van der Waals surface area contributed by atoms with E-state index in [9.17, 15) is 9.59 Å². The number of hydrogen-bond donors (Lipinski definition) is 1. The van der Waals surface area contributed by atoms with Crippen LogP contribution in [-0.4, -0.2) is 60.7 Å². The summed E-state index contributed by atoms with van der Waals surface area (Å²) in [4.78, 5) is 33.7. The quantitative estimate of drug-likeness (QED) is 0.446. The van der Waals surface area contributed by atoms with E-state index in [4.69, 9.17) is 16.3 Å². The molecule has 1 aliphatic rings. The zero-order valence-electron chi connectivity index (χ0n) is 18.7. The number of thiazole rings is 1. The van der Waals surface area contributed by atoms with E-state index in [1.165, 1.54) is 23.1 Å². The molecule has 3 aromatic rings. The van der Waals surface area contributed by atoms with Gasteiger partial charge in [-0.2, -0.15) is 0 Å². The summed E-state index contributed by atoms with van der Waals surface area (Å²) in [5, 5.41) is 5.46. The Morgan fingerprint density at radius 2 is 1.91 bits per heavy atom. The number of thioether (sulfide) groups is 1. The van der Waals surface area contributed by atoms with E-state index in [2.05, 4.69) is 15.2 Å². The number of carbonyl (C=O) groups excluding carboxylic acids is 2. The van der Waals surface area contributed by atoms with Gasteiger partial charge in [0.15, 0.2) is 4.34 Å². The van der Waals surface area contributed by atoms with Crippen LogP contribution in [0, 0.1) is 0 Å². The van der Waals surface area contributed by atoms with Crippen molar-refractivity contribution in [3.05, 3.63) is 64.6 Å². The lowest BCUT2D eigenvalue weighted by atomic mass is 10.2. The Labute approximate surface area is 212 Å². The van der Waals surface area contributed by atoms with E-state index >= 15 is 0 Å². The first-order valence-corrected chi connectivity index (χ1v) is 13.0. The van der Waals surface area contributed by atoms with Crippen molar-refractivity contribution >= 4 is 57.9 Å². The molecule has 10 heteroatoms. The topological polar surface area (TPSA) is 74.8 Å². The molecule has 1 N–H and O–H groups in total. The molecule has 0 saturated carbocycles. The van der Waals surface area contributed by atoms with Crippen molar-refractivity contribution in [2.45, 2.75) is 10.8 Å². The summed E-state index contributed by atoms with van der Waals surface area (Å²) in [5.41, 5.74) is 2.55. The second kappa shape index (κ2) is 11.6. The lowest BCUT2D eigenvalue weighted by molar-refractivity contribution is -0.130. The molecular formula is C24H25ClN4O3S2. The van der Waals surface area contributed by atoms with Crippen molar-refractivity contribution in [1.29, 1.82) is 0 Å². The number of carbonyl (C=O) groups is 2. The van der Waals surface area contributed by atoms with Gasteiger partial charge in [-0.1, -0.05) is 29.4 Å². The predicted molar refractivity (Wildman–Crippen MR) is 138 cm³/mol. The average Bonchev–Trinajstić information content (AvgIpc) is 3.30. The summed E-state index contributed by atoms with van der Waals surface area (Å²) in [5.74, 6) is 0.884. The van der Waals surface area contributed by atoms with E-state index < -0.39 is 0 Å². The van der Waals surface area contributed by atoms with Crippen LogP contribution >= 0.6 is 34.7 Å². The van der Waals surface area contributed by atoms with Gasteiger partial charge in [-0.25, -0.2) is 4.98 Å². The number of hydrogen-bond acceptors (Lipinski definition) is 7. The van der Waals surface area contributed by atoms with Gasteiger partial charge in [0.1, 0.15) is 5.75 Å². The highest BCUT2D eigenvalue weighted by Gasteiger charge is 2.22. The van der Waals surface area contributed by atoms with Gasteiger partial charge in [-0.15, -0.1) is 11.3 Å². The SMILES string of the molecule is COc1cccc(NC(=O)CSc2nc(CC(=O)N3CCN(c4ccc(Cl)cc4)CC3)cs2)c1. The molecule has 0 bridgehead atoms. The van der Waals surface area contributed by atoms with Gasteiger partial charge in [-0.3, -0.25) is 9.59 Å². The summed E-state index contributed by atoms with van der Waals surface area (Å²) < 4.78 is 5.94. The maximum Gasteiger partial charge on any atom is 0.234 e. The molecule has 178 valence electrons. The molecule has 0 spiro atoms. The first kappa shape index (κ1) is 24.4. The number of aromatic nitrogens is 1. The zero-order chi connectivity index (χ0) is 23.9. The van der Waals surface area contributed by atoms with Crippen molar-refractivity contribution < 1.29 is 14.3 Å². The fourth-order valence-corrected chi connectivity index (χ4v) is 5.36. The maximum absolute atomic E-state index is 12.8. The monoisotopic (exact) mass is 516 g/mol. The molecule has 1 aromatic heterocycles. The maximum atomic E-state index is 12.8. The summed E-state index contributed by atoms with van der Waals surface area (Å²) >= 11 is 8.79. The molecule has 2 heterocycles. The Bertz CT molecular complexity index is 1130. The van der Waals surface area contributed by atoms with Crippen molar-refractivity contribution in [2.75, 3.05) is 49.3 Å². The van der Waals surface area contributed by atoms with E-state index in [0.29, 0.717) is 24.5 Å². The van der Waals surface area contributed by atoms with E-state index in [0.717, 1.165) is 33.8 Å². The number of piperazine rings is 1. The van der Waals surface area contributed by atoms with Crippen molar-refractivity contribution in [1.82, 2.24) is 9.88 Å². The van der Waals surface area contributed by atoms with Crippen LogP contribution in [-0.2, 0) is 16.0 Å². The molecule has 0 radical (unpaired) electrons. The van der Waals surface area contributed by atoms with E-state index in [1.54, 1.807) is 13.2 Å². The zero-order valence-corrected chi connectivity index (χ0v) is 21.1. The molecular weight excluding hydrogens is 492 g/mol. The summed E-state index contributed by atoms with van der Waals surface area (Å²) in [7, 11) is 1.59. The molecule has 0 unspecified atom stereocenters. The number of amides is 2. The fraction of sp³-hybridized carbons (Fsp3) is 0.292. The molecule has 2 aromatic carbocycles. The molecule has 1 saturated heterocycles. The molecule has 2 amide bonds. The van der Waals surface area contributed by atoms with Crippen LogP contribution in [0.25, 0.3) is 0 Å². The first-order chi connectivity index (χ1) is 16.5. The van der Waals surface area contributed by atoms with Gasteiger partial charge in [0.2, 0.25) is 11.8 Å². The molecule has 34 heavy (non-hydrogen) atoms. The smallest absolute Gasteiger partial charge is 0.234 e. The number of rotatable bonds is 8. The minimum Gasteiger partial charge on any atom is -0.497 e. The highest BCUT2D eigenvalue weighted by atomic mass is 35.5. The lowest BCUT2D eigenvalue weighted by Gasteiger charge is -2.36. The Morgan fingerprint density at radius 3 is 2.65 bits per heavy atom. The minimum atomic E-state index is -0.121. The van der Waals surface area contributed by atoms with E-state index in [-0.39, 0.29) is 24.0 Å². The fourth-order valence-electron chi connectivity index (χ4n) is 3.59. The predicted octanol–water partition coefficient (Wildman–Crippen LogP) is 4.43. The number of ether oxygens (including phenoxy) is 1. The number of benzene rings is 2. The van der Waals surface area contributed by atoms with Gasteiger partial charge in [0, 0.05) is 54.0 Å². The molecule has 1 fully saturated rings. The third kappa shape index (κ3) is 6.65. The van der Waals surface area contributed by atoms with Crippen LogP contribution in [0.5, 0.6) is 5.75 Å². The second-order valence-electron chi connectivity index (χ2n) is 7.69. The van der Waals surface area contributed by atoms with Crippen molar-refractivity contribution in [2.24, 2.45) is 0 Å². The third-order valence-corrected chi connectivity index (χ3v) is 7.69. The summed E-state index contributed by atoms with van der Waals surface area (Å²) in [6.45, 7) is 2.93. The number of halogens is 1. The number of nitrogens with one attached hydrogen (secondary N) is 1. The molecule has 0 aliphatic carbocycles. The molecule has 7 nitrogen and oxygen atoms in total. The minimum absolute atomic E-state index is 0.0772. The average molecular weight is 517 g/mol. The summed E-state index contributed by atoms with van der Waals surface area (Å²) in [6.07, 6.45) is 0.272. The Hall–Kier alpha value is -2.75. The van der Waals surface area contributed by atoms with Gasteiger partial charge < -0.3 is 19.9 Å². The Kier molecular flexibility index (Phi) is 8.31. The molecule has 1 aliphatic heterocycles. The van der Waals surface area contributed by atoms with Gasteiger partial charge in [0.25, 0.3) is 0 Å². The normalized spacial score (nSPS) is 13.6. The number of nitrogens with zero attached hydrogens (tertiary/aromatic N) is 3. The largest absolute Gasteiger partial charge is 0.497 e. The standard InChI is InChI=1S/C24H25ClN4O3S2/c1-32-21-4-2-3-18(13-21)26-22(30)16-34-24-27-19(15-33-24)14-23(31)29-11-9-28(10-12-29)20-7-5-17(25)6-8-20/h2-8,13,15H,9-12,14,16H2,1H3,(H,26,30). The lowest BCUT2D eigenvalue weighted by Crippen LogP contribution is -2.49.